The van der Waals surface area contributed by atoms with E-state index in [1.54, 1.807) is 47.6 Å². The summed E-state index contributed by atoms with van der Waals surface area (Å²) in [5.41, 5.74) is -1.20. The molecular weight excluding hydrogens is 390 g/mol. The third kappa shape index (κ3) is 6.29. The quantitative estimate of drug-likeness (QED) is 0.645. The first kappa shape index (κ1) is 22.9. The van der Waals surface area contributed by atoms with Crippen molar-refractivity contribution in [2.75, 3.05) is 10.6 Å². The molecule has 0 fully saturated rings. The number of ether oxygens (including phenoxy) is 2. The molecular formula is C20H27N5O5. The normalized spacial score (nSPS) is 11.7. The minimum Gasteiger partial charge on any atom is -0.444 e. The van der Waals surface area contributed by atoms with Gasteiger partial charge in [0.15, 0.2) is 0 Å². The Morgan fingerprint density at radius 1 is 1.10 bits per heavy atom. The van der Waals surface area contributed by atoms with E-state index in [4.69, 9.17) is 9.47 Å². The second-order valence-corrected chi connectivity index (χ2v) is 8.52. The maximum Gasteiger partial charge on any atom is 0.414 e. The van der Waals surface area contributed by atoms with Gasteiger partial charge < -0.3 is 9.47 Å². The van der Waals surface area contributed by atoms with E-state index in [2.05, 4.69) is 32.2 Å². The van der Waals surface area contributed by atoms with Crippen LogP contribution in [0.15, 0.2) is 23.6 Å². The van der Waals surface area contributed by atoms with Gasteiger partial charge in [0.25, 0.3) is 5.56 Å². The van der Waals surface area contributed by atoms with E-state index in [1.807, 2.05) is 0 Å². The maximum absolute atomic E-state index is 12.8. The smallest absolute Gasteiger partial charge is 0.414 e. The minimum absolute atomic E-state index is 0.00960. The molecule has 0 saturated carbocycles. The van der Waals surface area contributed by atoms with Crippen molar-refractivity contribution >= 4 is 34.9 Å². The maximum atomic E-state index is 12.8. The van der Waals surface area contributed by atoms with Crippen LogP contribution >= 0.6 is 0 Å². The van der Waals surface area contributed by atoms with Gasteiger partial charge in [-0.15, -0.1) is 6.58 Å². The van der Waals surface area contributed by atoms with Crippen LogP contribution in [0.25, 0.3) is 10.9 Å². The highest BCUT2D eigenvalue weighted by molar-refractivity contribution is 5.98. The molecule has 0 aliphatic carbocycles. The van der Waals surface area contributed by atoms with Crippen molar-refractivity contribution in [3.63, 3.8) is 0 Å². The molecule has 3 N–H and O–H groups in total. The molecule has 0 saturated heterocycles. The van der Waals surface area contributed by atoms with Gasteiger partial charge in [-0.2, -0.15) is 0 Å². The molecule has 30 heavy (non-hydrogen) atoms. The molecule has 2 aromatic rings. The number of rotatable bonds is 4. The Hall–Kier alpha value is -3.43. The van der Waals surface area contributed by atoms with Crippen LogP contribution < -0.4 is 16.2 Å². The van der Waals surface area contributed by atoms with Crippen molar-refractivity contribution < 1.29 is 19.1 Å². The zero-order valence-corrected chi connectivity index (χ0v) is 18.0. The summed E-state index contributed by atoms with van der Waals surface area (Å²) in [4.78, 5) is 47.9. The van der Waals surface area contributed by atoms with Gasteiger partial charge in [-0.25, -0.2) is 19.6 Å². The molecule has 10 heteroatoms. The summed E-state index contributed by atoms with van der Waals surface area (Å²) in [6, 6.07) is 0. The molecule has 0 atom stereocenters. The van der Waals surface area contributed by atoms with E-state index in [9.17, 15) is 14.4 Å². The van der Waals surface area contributed by atoms with Crippen LogP contribution in [0, 0.1) is 0 Å². The van der Waals surface area contributed by atoms with Gasteiger partial charge in [0.1, 0.15) is 22.4 Å². The summed E-state index contributed by atoms with van der Waals surface area (Å²) >= 11 is 0. The third-order valence-corrected chi connectivity index (χ3v) is 3.41. The Morgan fingerprint density at radius 3 is 2.20 bits per heavy atom. The van der Waals surface area contributed by atoms with Gasteiger partial charge in [-0.05, 0) is 48.0 Å². The molecule has 0 aromatic carbocycles. The average Bonchev–Trinajstić information content (AvgIpc) is 2.53. The number of hydrogen-bond acceptors (Lipinski definition) is 7. The third-order valence-electron chi connectivity index (χ3n) is 3.41. The van der Waals surface area contributed by atoms with Gasteiger partial charge in [-0.3, -0.25) is 20.4 Å². The molecule has 2 heterocycles. The van der Waals surface area contributed by atoms with Gasteiger partial charge in [0, 0.05) is 11.8 Å². The fourth-order valence-electron chi connectivity index (χ4n) is 2.45. The number of carbonyl (C=O) groups is 2. The molecule has 2 aromatic heterocycles. The van der Waals surface area contributed by atoms with Crippen LogP contribution in [0.4, 0.5) is 21.4 Å². The van der Waals surface area contributed by atoms with Crippen molar-refractivity contribution in [3.8, 4) is 0 Å². The highest BCUT2D eigenvalue weighted by Crippen LogP contribution is 2.22. The summed E-state index contributed by atoms with van der Waals surface area (Å²) in [6.07, 6.45) is 1.94. The number of fused-ring (bicyclic) bond motifs is 1. The molecule has 162 valence electrons. The lowest BCUT2D eigenvalue weighted by molar-refractivity contribution is 0.0624. The second kappa shape index (κ2) is 8.52. The molecule has 0 bridgehead atoms. The number of aromatic amines is 1. The Morgan fingerprint density at radius 2 is 1.67 bits per heavy atom. The summed E-state index contributed by atoms with van der Waals surface area (Å²) in [5.74, 6) is -0.105. The predicted octanol–water partition coefficient (Wildman–Crippen LogP) is 3.74. The van der Waals surface area contributed by atoms with Crippen molar-refractivity contribution in [2.24, 2.45) is 0 Å². The number of aromatic nitrogens is 3. The fraction of sp³-hybridized carbons (Fsp3) is 0.450. The van der Waals surface area contributed by atoms with Gasteiger partial charge in [0.2, 0.25) is 5.95 Å². The highest BCUT2D eigenvalue weighted by Gasteiger charge is 2.21. The summed E-state index contributed by atoms with van der Waals surface area (Å²) in [6.45, 7) is 14.0. The van der Waals surface area contributed by atoms with Crippen molar-refractivity contribution in [3.05, 3.63) is 34.8 Å². The number of anilines is 2. The molecule has 10 nitrogen and oxygen atoms in total. The molecule has 2 rings (SSSR count). The van der Waals surface area contributed by atoms with Gasteiger partial charge in [0.05, 0.1) is 5.52 Å². The molecule has 2 amide bonds. The standard InChI is InChI=1S/C20H27N5O5/c1-8-9-11-10-21-14(23-17(27)29-19(2,3)4)12-13(11)22-16(24-15(12)26)25-18(28)30-20(5,6)7/h8,10H,1,9H2,2-7H3,(H,21,23,27)(H2,22,24,25,26,28). The number of nitrogens with zero attached hydrogens (tertiary/aromatic N) is 2. The average molecular weight is 417 g/mol. The Kier molecular flexibility index (Phi) is 6.49. The lowest BCUT2D eigenvalue weighted by Gasteiger charge is -2.20. The Balaban J connectivity index is 2.49. The zero-order valence-electron chi connectivity index (χ0n) is 18.0. The summed E-state index contributed by atoms with van der Waals surface area (Å²) in [7, 11) is 0. The molecule has 0 spiro atoms. The lowest BCUT2D eigenvalue weighted by Crippen LogP contribution is -2.29. The molecule has 0 aliphatic rings. The first-order chi connectivity index (χ1) is 13.8. The largest absolute Gasteiger partial charge is 0.444 e. The lowest BCUT2D eigenvalue weighted by atomic mass is 10.1. The van der Waals surface area contributed by atoms with Crippen molar-refractivity contribution in [2.45, 2.75) is 59.2 Å². The summed E-state index contributed by atoms with van der Waals surface area (Å²) in [5, 5.41) is 4.93. The number of allylic oxidation sites excluding steroid dienone is 1. The Bertz CT molecular complexity index is 1030. The number of H-pyrrole nitrogens is 1. The van der Waals surface area contributed by atoms with Crippen molar-refractivity contribution in [1.82, 2.24) is 15.0 Å². The molecule has 0 radical (unpaired) electrons. The second-order valence-electron chi connectivity index (χ2n) is 8.52. The SMILES string of the molecule is C=CCc1cnc(NC(=O)OC(C)(C)C)c2c(=O)[nH]c(NC(=O)OC(C)(C)C)nc12. The van der Waals surface area contributed by atoms with E-state index in [0.29, 0.717) is 12.0 Å². The predicted molar refractivity (Wildman–Crippen MR) is 114 cm³/mol. The number of pyridine rings is 1. The zero-order chi connectivity index (χ0) is 22.7. The number of amides is 2. The number of hydrogen-bond donors (Lipinski definition) is 3. The van der Waals surface area contributed by atoms with Crippen LogP contribution in [0.5, 0.6) is 0 Å². The minimum atomic E-state index is -0.767. The molecule has 0 aliphatic heterocycles. The molecule has 0 unspecified atom stereocenters. The van der Waals surface area contributed by atoms with Crippen LogP contribution in [0.2, 0.25) is 0 Å². The number of nitrogens with one attached hydrogen (secondary N) is 3. The van der Waals surface area contributed by atoms with E-state index in [0.717, 1.165) is 0 Å². The Labute approximate surface area is 174 Å². The van der Waals surface area contributed by atoms with E-state index < -0.39 is 28.9 Å². The first-order valence-corrected chi connectivity index (χ1v) is 9.32. The van der Waals surface area contributed by atoms with Crippen LogP contribution in [0.3, 0.4) is 0 Å². The van der Waals surface area contributed by atoms with Crippen LogP contribution in [-0.2, 0) is 15.9 Å². The van der Waals surface area contributed by atoms with Crippen LogP contribution in [0.1, 0.15) is 47.1 Å². The van der Waals surface area contributed by atoms with Gasteiger partial charge in [-0.1, -0.05) is 6.08 Å². The van der Waals surface area contributed by atoms with E-state index >= 15 is 0 Å². The summed E-state index contributed by atoms with van der Waals surface area (Å²) < 4.78 is 10.4. The monoisotopic (exact) mass is 417 g/mol. The number of carbonyl (C=O) groups excluding carboxylic acids is 2. The fourth-order valence-corrected chi connectivity index (χ4v) is 2.45. The first-order valence-electron chi connectivity index (χ1n) is 9.32. The van der Waals surface area contributed by atoms with E-state index in [-0.39, 0.29) is 22.7 Å². The van der Waals surface area contributed by atoms with Gasteiger partial charge >= 0.3 is 12.2 Å². The van der Waals surface area contributed by atoms with Crippen LogP contribution in [-0.4, -0.2) is 38.3 Å². The highest BCUT2D eigenvalue weighted by atomic mass is 16.6. The van der Waals surface area contributed by atoms with E-state index in [1.165, 1.54) is 6.20 Å². The van der Waals surface area contributed by atoms with Crippen molar-refractivity contribution in [1.29, 1.82) is 0 Å². The topological polar surface area (TPSA) is 135 Å².